The Hall–Kier alpha value is -1.42. The van der Waals surface area contributed by atoms with Crippen LogP contribution in [0.5, 0.6) is 5.75 Å². The highest BCUT2D eigenvalue weighted by molar-refractivity contribution is 6.30. The van der Waals surface area contributed by atoms with Crippen LogP contribution in [0.4, 0.5) is 4.79 Å². The van der Waals surface area contributed by atoms with E-state index in [2.05, 4.69) is 0 Å². The van der Waals surface area contributed by atoms with E-state index < -0.39 is 5.60 Å². The maximum Gasteiger partial charge on any atom is 0.410 e. The Morgan fingerprint density at radius 3 is 2.38 bits per heavy atom. The first kappa shape index (κ1) is 17.6. The van der Waals surface area contributed by atoms with Gasteiger partial charge in [-0.1, -0.05) is 11.6 Å². The van der Waals surface area contributed by atoms with Gasteiger partial charge in [-0.3, -0.25) is 0 Å². The second-order valence-corrected chi connectivity index (χ2v) is 6.35. The van der Waals surface area contributed by atoms with Gasteiger partial charge in [-0.05, 0) is 57.9 Å². The monoisotopic (exact) mass is 313 g/mol. The summed E-state index contributed by atoms with van der Waals surface area (Å²) in [6.45, 7) is 6.85. The first-order valence-electron chi connectivity index (χ1n) is 7.10. The van der Waals surface area contributed by atoms with Gasteiger partial charge in [0, 0.05) is 18.6 Å². The van der Waals surface area contributed by atoms with Crippen molar-refractivity contribution in [2.45, 2.75) is 39.2 Å². The minimum absolute atomic E-state index is 0.291. The minimum Gasteiger partial charge on any atom is -0.494 e. The fourth-order valence-corrected chi connectivity index (χ4v) is 1.73. The number of rotatable bonds is 6. The highest BCUT2D eigenvalue weighted by Gasteiger charge is 2.18. The lowest BCUT2D eigenvalue weighted by molar-refractivity contribution is 0.0294. The van der Waals surface area contributed by atoms with Crippen molar-refractivity contribution in [1.82, 2.24) is 4.90 Å². The molecule has 0 aliphatic carbocycles. The summed E-state index contributed by atoms with van der Waals surface area (Å²) >= 11 is 5.80. The molecular formula is C16H24ClNO3. The van der Waals surface area contributed by atoms with Crippen molar-refractivity contribution >= 4 is 17.7 Å². The van der Waals surface area contributed by atoms with Gasteiger partial charge in [0.15, 0.2) is 0 Å². The Morgan fingerprint density at radius 1 is 1.19 bits per heavy atom. The number of hydrogen-bond donors (Lipinski definition) is 0. The number of ether oxygens (including phenoxy) is 2. The Bertz CT molecular complexity index is 440. The molecule has 0 saturated heterocycles. The van der Waals surface area contributed by atoms with Crippen LogP contribution in [0.2, 0.25) is 5.02 Å². The maximum absolute atomic E-state index is 11.7. The zero-order chi connectivity index (χ0) is 15.9. The number of halogens is 1. The average Bonchev–Trinajstić information content (AvgIpc) is 2.38. The molecular weight excluding hydrogens is 290 g/mol. The molecule has 5 heteroatoms. The van der Waals surface area contributed by atoms with Crippen LogP contribution in [-0.2, 0) is 4.74 Å². The van der Waals surface area contributed by atoms with Gasteiger partial charge < -0.3 is 14.4 Å². The zero-order valence-electron chi connectivity index (χ0n) is 13.2. The molecule has 0 bridgehead atoms. The first-order chi connectivity index (χ1) is 9.78. The van der Waals surface area contributed by atoms with Crippen LogP contribution in [-0.4, -0.2) is 36.8 Å². The number of unbranched alkanes of at least 4 members (excludes halogenated alkanes) is 1. The SMILES string of the molecule is CN(CCCCOc1ccc(Cl)cc1)C(=O)OC(C)(C)C. The van der Waals surface area contributed by atoms with Gasteiger partial charge >= 0.3 is 6.09 Å². The van der Waals surface area contributed by atoms with E-state index in [1.165, 1.54) is 0 Å². The Balaban J connectivity index is 2.16. The van der Waals surface area contributed by atoms with Crippen molar-refractivity contribution in [1.29, 1.82) is 0 Å². The van der Waals surface area contributed by atoms with Gasteiger partial charge in [0.05, 0.1) is 6.61 Å². The third-order valence-corrected chi connectivity index (χ3v) is 2.93. The summed E-state index contributed by atoms with van der Waals surface area (Å²) in [4.78, 5) is 13.3. The topological polar surface area (TPSA) is 38.8 Å². The van der Waals surface area contributed by atoms with Gasteiger partial charge in [0.25, 0.3) is 0 Å². The van der Waals surface area contributed by atoms with Crippen molar-refractivity contribution in [3.63, 3.8) is 0 Å². The van der Waals surface area contributed by atoms with Crippen LogP contribution in [0.3, 0.4) is 0 Å². The Labute approximate surface area is 132 Å². The summed E-state index contributed by atoms with van der Waals surface area (Å²) in [6, 6.07) is 7.28. The molecule has 0 spiro atoms. The van der Waals surface area contributed by atoms with Crippen LogP contribution < -0.4 is 4.74 Å². The van der Waals surface area contributed by atoms with Crippen molar-refractivity contribution < 1.29 is 14.3 Å². The fraction of sp³-hybridized carbons (Fsp3) is 0.562. The predicted molar refractivity (Wildman–Crippen MR) is 85.0 cm³/mol. The number of carbonyl (C=O) groups is 1. The first-order valence-corrected chi connectivity index (χ1v) is 7.48. The van der Waals surface area contributed by atoms with E-state index in [1.807, 2.05) is 32.9 Å². The van der Waals surface area contributed by atoms with E-state index in [-0.39, 0.29) is 6.09 Å². The van der Waals surface area contributed by atoms with E-state index >= 15 is 0 Å². The number of hydrogen-bond acceptors (Lipinski definition) is 3. The minimum atomic E-state index is -0.455. The van der Waals surface area contributed by atoms with Gasteiger partial charge in [-0.15, -0.1) is 0 Å². The van der Waals surface area contributed by atoms with Crippen LogP contribution >= 0.6 is 11.6 Å². The predicted octanol–water partition coefficient (Wildman–Crippen LogP) is 4.37. The molecule has 1 rings (SSSR count). The number of amides is 1. The largest absolute Gasteiger partial charge is 0.494 e. The maximum atomic E-state index is 11.7. The zero-order valence-corrected chi connectivity index (χ0v) is 13.9. The van der Waals surface area contributed by atoms with E-state index in [1.54, 1.807) is 24.1 Å². The number of nitrogens with zero attached hydrogens (tertiary/aromatic N) is 1. The van der Waals surface area contributed by atoms with Crippen molar-refractivity contribution in [3.05, 3.63) is 29.3 Å². The lowest BCUT2D eigenvalue weighted by atomic mass is 10.2. The molecule has 21 heavy (non-hydrogen) atoms. The molecule has 0 aliphatic rings. The molecule has 4 nitrogen and oxygen atoms in total. The summed E-state index contributed by atoms with van der Waals surface area (Å²) in [5.41, 5.74) is -0.455. The van der Waals surface area contributed by atoms with Crippen molar-refractivity contribution in [2.75, 3.05) is 20.2 Å². The molecule has 1 aromatic carbocycles. The molecule has 1 aromatic rings. The van der Waals surface area contributed by atoms with Crippen LogP contribution in [0.25, 0.3) is 0 Å². The van der Waals surface area contributed by atoms with Crippen molar-refractivity contribution in [3.8, 4) is 5.75 Å². The Morgan fingerprint density at radius 2 is 1.81 bits per heavy atom. The molecule has 0 fully saturated rings. The van der Waals surface area contributed by atoms with Gasteiger partial charge in [0.1, 0.15) is 11.4 Å². The number of benzene rings is 1. The average molecular weight is 314 g/mol. The van der Waals surface area contributed by atoms with Gasteiger partial charge in [-0.2, -0.15) is 0 Å². The molecule has 1 amide bonds. The van der Waals surface area contributed by atoms with E-state index in [0.29, 0.717) is 18.2 Å². The van der Waals surface area contributed by atoms with E-state index in [0.717, 1.165) is 18.6 Å². The van der Waals surface area contributed by atoms with Gasteiger partial charge in [-0.25, -0.2) is 4.79 Å². The van der Waals surface area contributed by atoms with E-state index in [4.69, 9.17) is 21.1 Å². The van der Waals surface area contributed by atoms with Gasteiger partial charge in [0.2, 0.25) is 0 Å². The van der Waals surface area contributed by atoms with Crippen LogP contribution in [0.15, 0.2) is 24.3 Å². The normalized spacial score (nSPS) is 11.1. The summed E-state index contributed by atoms with van der Waals surface area (Å²) < 4.78 is 10.9. The molecule has 118 valence electrons. The molecule has 0 unspecified atom stereocenters. The Kier molecular flexibility index (Phi) is 6.82. The lowest BCUT2D eigenvalue weighted by Gasteiger charge is -2.24. The molecule has 0 aliphatic heterocycles. The second-order valence-electron chi connectivity index (χ2n) is 5.91. The van der Waals surface area contributed by atoms with Crippen LogP contribution in [0, 0.1) is 0 Å². The van der Waals surface area contributed by atoms with Crippen molar-refractivity contribution in [2.24, 2.45) is 0 Å². The summed E-state index contributed by atoms with van der Waals surface area (Å²) in [6.07, 6.45) is 1.44. The summed E-state index contributed by atoms with van der Waals surface area (Å²) in [7, 11) is 1.74. The summed E-state index contributed by atoms with van der Waals surface area (Å²) in [5, 5.41) is 0.696. The third kappa shape index (κ3) is 7.81. The molecule has 0 radical (unpaired) electrons. The quantitative estimate of drug-likeness (QED) is 0.732. The fourth-order valence-electron chi connectivity index (χ4n) is 1.60. The highest BCUT2D eigenvalue weighted by atomic mass is 35.5. The molecule has 0 saturated carbocycles. The highest BCUT2D eigenvalue weighted by Crippen LogP contribution is 2.15. The molecule has 0 heterocycles. The lowest BCUT2D eigenvalue weighted by Crippen LogP contribution is -2.34. The molecule has 0 aromatic heterocycles. The van der Waals surface area contributed by atoms with E-state index in [9.17, 15) is 4.79 Å². The smallest absolute Gasteiger partial charge is 0.410 e. The second kappa shape index (κ2) is 8.13. The third-order valence-electron chi connectivity index (χ3n) is 2.68. The molecule has 0 atom stereocenters. The standard InChI is InChI=1S/C16H24ClNO3/c1-16(2,3)21-15(19)18(4)11-5-6-12-20-14-9-7-13(17)8-10-14/h7-10H,5-6,11-12H2,1-4H3. The van der Waals surface area contributed by atoms with Crippen LogP contribution in [0.1, 0.15) is 33.6 Å². The number of carbonyl (C=O) groups excluding carboxylic acids is 1. The summed E-state index contributed by atoms with van der Waals surface area (Å²) in [5.74, 6) is 0.805. The molecule has 0 N–H and O–H groups in total.